The Balaban J connectivity index is 1.34. The maximum atomic E-state index is 13.4. The molecule has 0 bridgehead atoms. The quantitative estimate of drug-likeness (QED) is 0.503. The molecule has 6 heteroatoms. The molecule has 1 aliphatic heterocycles. The van der Waals surface area contributed by atoms with Crippen molar-refractivity contribution in [2.75, 3.05) is 31.1 Å². The fourth-order valence-electron chi connectivity index (χ4n) is 3.70. The number of nitrogens with zero attached hydrogens (tertiary/aromatic N) is 3. The van der Waals surface area contributed by atoms with E-state index < -0.39 is 0 Å². The van der Waals surface area contributed by atoms with E-state index in [1.807, 2.05) is 47.4 Å². The number of fused-ring (bicyclic) bond motifs is 2. The van der Waals surface area contributed by atoms with Gasteiger partial charge in [-0.1, -0.05) is 47.7 Å². The largest absolute Gasteiger partial charge is 0.345 e. The third-order valence-corrected chi connectivity index (χ3v) is 6.28. The van der Waals surface area contributed by atoms with Crippen LogP contribution in [0.1, 0.15) is 10.4 Å². The highest BCUT2D eigenvalue weighted by Gasteiger charge is 2.24. The zero-order valence-electron chi connectivity index (χ0n) is 15.1. The van der Waals surface area contributed by atoms with Crippen LogP contribution in [0.15, 0.2) is 60.7 Å². The fourth-order valence-corrected chi connectivity index (χ4v) is 4.75. The number of aromatic nitrogens is 1. The molecule has 4 aromatic rings. The molecule has 0 N–H and O–H groups in total. The molecule has 0 spiro atoms. The first kappa shape index (κ1) is 17.1. The zero-order valence-corrected chi connectivity index (χ0v) is 16.0. The summed E-state index contributed by atoms with van der Waals surface area (Å²) in [5, 5.41) is 2.96. The molecule has 140 valence electrons. The normalized spacial score (nSPS) is 14.8. The molecular weight excluding hydrogens is 373 g/mol. The number of hydrogen-bond acceptors (Lipinski definition) is 4. The third-order valence-electron chi connectivity index (χ3n) is 5.20. The Labute approximate surface area is 165 Å². The molecule has 1 fully saturated rings. The van der Waals surface area contributed by atoms with Gasteiger partial charge in [0, 0.05) is 31.7 Å². The molecule has 0 radical (unpaired) electrons. The Morgan fingerprint density at radius 1 is 0.964 bits per heavy atom. The van der Waals surface area contributed by atoms with Crippen LogP contribution in [0.25, 0.3) is 21.0 Å². The van der Waals surface area contributed by atoms with Crippen LogP contribution < -0.4 is 4.90 Å². The van der Waals surface area contributed by atoms with Crippen LogP contribution in [0.5, 0.6) is 0 Å². The van der Waals surface area contributed by atoms with E-state index >= 15 is 0 Å². The van der Waals surface area contributed by atoms with Gasteiger partial charge in [-0.05, 0) is 35.0 Å². The first-order valence-electron chi connectivity index (χ1n) is 9.27. The van der Waals surface area contributed by atoms with Crippen molar-refractivity contribution >= 4 is 43.4 Å². The molecule has 3 aromatic carbocycles. The average molecular weight is 391 g/mol. The summed E-state index contributed by atoms with van der Waals surface area (Å²) < 4.78 is 14.3. The first-order valence-corrected chi connectivity index (χ1v) is 10.1. The van der Waals surface area contributed by atoms with Gasteiger partial charge in [0.25, 0.3) is 5.91 Å². The molecule has 1 amide bonds. The maximum Gasteiger partial charge on any atom is 0.254 e. The highest BCUT2D eigenvalue weighted by Crippen LogP contribution is 2.30. The minimum atomic E-state index is -0.242. The summed E-state index contributed by atoms with van der Waals surface area (Å²) in [6.07, 6.45) is 0. The molecule has 5 rings (SSSR count). The minimum Gasteiger partial charge on any atom is -0.345 e. The SMILES string of the molecule is O=C(c1cccc2ccccc12)N1CCN(c2nc3ccc(F)cc3s2)CC1. The number of rotatable bonds is 2. The number of carbonyl (C=O) groups is 1. The standard InChI is InChI=1S/C22H18FN3OS/c23-16-8-9-19-20(14-16)28-22(24-19)26-12-10-25(11-13-26)21(27)18-7-3-5-15-4-1-2-6-17(15)18/h1-9,14H,10-13H2. The van der Waals surface area contributed by atoms with Crippen molar-refractivity contribution in [1.29, 1.82) is 0 Å². The van der Waals surface area contributed by atoms with E-state index in [4.69, 9.17) is 0 Å². The predicted molar refractivity (Wildman–Crippen MR) is 112 cm³/mol. The van der Waals surface area contributed by atoms with Gasteiger partial charge >= 0.3 is 0 Å². The van der Waals surface area contributed by atoms with Crippen LogP contribution in [0, 0.1) is 5.82 Å². The minimum absolute atomic E-state index is 0.0721. The molecule has 0 unspecified atom stereocenters. The van der Waals surface area contributed by atoms with Gasteiger partial charge in [0.2, 0.25) is 0 Å². The number of halogens is 1. The van der Waals surface area contributed by atoms with Crippen LogP contribution in [-0.4, -0.2) is 42.0 Å². The van der Waals surface area contributed by atoms with Gasteiger partial charge in [-0.2, -0.15) is 0 Å². The lowest BCUT2D eigenvalue weighted by atomic mass is 10.0. The van der Waals surface area contributed by atoms with E-state index in [9.17, 15) is 9.18 Å². The summed E-state index contributed by atoms with van der Waals surface area (Å²) in [5.41, 5.74) is 1.57. The molecule has 4 nitrogen and oxygen atoms in total. The smallest absolute Gasteiger partial charge is 0.254 e. The highest BCUT2D eigenvalue weighted by atomic mass is 32.1. The first-order chi connectivity index (χ1) is 13.7. The Morgan fingerprint density at radius 2 is 1.75 bits per heavy atom. The summed E-state index contributed by atoms with van der Waals surface area (Å²) >= 11 is 1.50. The van der Waals surface area contributed by atoms with Crippen molar-refractivity contribution in [3.63, 3.8) is 0 Å². The second kappa shape index (κ2) is 6.87. The molecule has 28 heavy (non-hydrogen) atoms. The van der Waals surface area contributed by atoms with E-state index in [-0.39, 0.29) is 11.7 Å². The molecule has 1 aromatic heterocycles. The molecular formula is C22H18FN3OS. The number of amides is 1. The number of anilines is 1. The summed E-state index contributed by atoms with van der Waals surface area (Å²) in [7, 11) is 0. The lowest BCUT2D eigenvalue weighted by molar-refractivity contribution is 0.0749. The Hall–Kier alpha value is -2.99. The Bertz CT molecular complexity index is 1180. The number of piperazine rings is 1. The number of thiazole rings is 1. The van der Waals surface area contributed by atoms with E-state index in [0.29, 0.717) is 13.1 Å². The molecule has 0 atom stereocenters. The van der Waals surface area contributed by atoms with Gasteiger partial charge in [0.15, 0.2) is 5.13 Å². The van der Waals surface area contributed by atoms with E-state index in [2.05, 4.69) is 9.88 Å². The molecule has 1 aliphatic rings. The van der Waals surface area contributed by atoms with Gasteiger partial charge in [-0.15, -0.1) is 0 Å². The van der Waals surface area contributed by atoms with E-state index in [0.717, 1.165) is 44.8 Å². The topological polar surface area (TPSA) is 36.4 Å². The van der Waals surface area contributed by atoms with Crippen molar-refractivity contribution in [1.82, 2.24) is 9.88 Å². The summed E-state index contributed by atoms with van der Waals surface area (Å²) in [6, 6.07) is 18.5. The van der Waals surface area contributed by atoms with Crippen LogP contribution in [-0.2, 0) is 0 Å². The van der Waals surface area contributed by atoms with Crippen LogP contribution >= 0.6 is 11.3 Å². The Morgan fingerprint density at radius 3 is 2.61 bits per heavy atom. The third kappa shape index (κ3) is 2.99. The summed E-state index contributed by atoms with van der Waals surface area (Å²) in [5.74, 6) is -0.170. The number of hydrogen-bond donors (Lipinski definition) is 0. The lowest BCUT2D eigenvalue weighted by Crippen LogP contribution is -2.48. The molecule has 2 heterocycles. The summed E-state index contributed by atoms with van der Waals surface area (Å²) in [6.45, 7) is 2.73. The van der Waals surface area contributed by atoms with Gasteiger partial charge in [-0.3, -0.25) is 4.79 Å². The van der Waals surface area contributed by atoms with Crippen molar-refractivity contribution in [3.05, 3.63) is 72.0 Å². The lowest BCUT2D eigenvalue weighted by Gasteiger charge is -2.34. The highest BCUT2D eigenvalue weighted by molar-refractivity contribution is 7.22. The second-order valence-electron chi connectivity index (χ2n) is 6.91. The molecule has 0 saturated carbocycles. The molecule has 1 saturated heterocycles. The summed E-state index contributed by atoms with van der Waals surface area (Å²) in [4.78, 5) is 21.8. The van der Waals surface area contributed by atoms with Crippen LogP contribution in [0.4, 0.5) is 9.52 Å². The number of carbonyl (C=O) groups excluding carboxylic acids is 1. The van der Waals surface area contributed by atoms with Crippen molar-refractivity contribution < 1.29 is 9.18 Å². The van der Waals surface area contributed by atoms with Crippen molar-refractivity contribution in [2.45, 2.75) is 0 Å². The predicted octanol–water partition coefficient (Wildman–Crippen LogP) is 4.55. The van der Waals surface area contributed by atoms with Crippen molar-refractivity contribution in [2.24, 2.45) is 0 Å². The maximum absolute atomic E-state index is 13.4. The number of benzene rings is 3. The van der Waals surface area contributed by atoms with Gasteiger partial charge in [0.05, 0.1) is 10.2 Å². The van der Waals surface area contributed by atoms with E-state index in [1.54, 1.807) is 6.07 Å². The van der Waals surface area contributed by atoms with E-state index in [1.165, 1.54) is 23.5 Å². The van der Waals surface area contributed by atoms with Gasteiger partial charge in [0.1, 0.15) is 5.82 Å². The van der Waals surface area contributed by atoms with Gasteiger partial charge in [-0.25, -0.2) is 9.37 Å². The molecule has 0 aliphatic carbocycles. The second-order valence-corrected chi connectivity index (χ2v) is 7.92. The average Bonchev–Trinajstić information content (AvgIpc) is 3.16. The van der Waals surface area contributed by atoms with Gasteiger partial charge < -0.3 is 9.80 Å². The fraction of sp³-hybridized carbons (Fsp3) is 0.182. The Kier molecular flexibility index (Phi) is 4.20. The van der Waals surface area contributed by atoms with Crippen molar-refractivity contribution in [3.8, 4) is 0 Å². The van der Waals surface area contributed by atoms with Crippen LogP contribution in [0.2, 0.25) is 0 Å². The van der Waals surface area contributed by atoms with Crippen LogP contribution in [0.3, 0.4) is 0 Å². The monoisotopic (exact) mass is 391 g/mol. The zero-order chi connectivity index (χ0) is 19.1.